The SMILES string of the molecule is Cc1ccc(C(=O)N[C@H]2C(C)(C)[C@H](Oc3ccc(C#N)c(Cl)c3)C2(C)C)nn1. The lowest BCUT2D eigenvalue weighted by atomic mass is 9.49. The van der Waals surface area contributed by atoms with Crippen LogP contribution in [-0.2, 0) is 0 Å². The smallest absolute Gasteiger partial charge is 0.272 e. The molecule has 1 aromatic heterocycles. The standard InChI is InChI=1S/C21H23ClN4O2/c1-12-6-9-16(26-25-12)17(27)24-18-20(2,3)19(21(18,4)5)28-14-8-7-13(11-23)15(22)10-14/h6-10,18-19H,1-5H3,(H,24,27)/t18-,19-. The van der Waals surface area contributed by atoms with Crippen molar-refractivity contribution in [2.45, 2.75) is 46.8 Å². The van der Waals surface area contributed by atoms with E-state index < -0.39 is 0 Å². The molecule has 1 N–H and O–H groups in total. The van der Waals surface area contributed by atoms with Crippen molar-refractivity contribution in [1.29, 1.82) is 5.26 Å². The summed E-state index contributed by atoms with van der Waals surface area (Å²) >= 11 is 6.12. The molecule has 0 unspecified atom stereocenters. The molecule has 1 aliphatic rings. The molecule has 1 aliphatic carbocycles. The van der Waals surface area contributed by atoms with Crippen LogP contribution in [0.25, 0.3) is 0 Å². The number of hydrogen-bond acceptors (Lipinski definition) is 5. The first-order valence-corrected chi connectivity index (χ1v) is 9.42. The van der Waals surface area contributed by atoms with Gasteiger partial charge in [0.2, 0.25) is 0 Å². The first-order chi connectivity index (χ1) is 13.1. The second kappa shape index (κ2) is 7.06. The van der Waals surface area contributed by atoms with Crippen molar-refractivity contribution in [2.24, 2.45) is 10.8 Å². The Kier molecular flexibility index (Phi) is 5.07. The second-order valence-corrected chi connectivity index (χ2v) is 8.77. The zero-order valence-corrected chi connectivity index (χ0v) is 17.3. The Morgan fingerprint density at radius 3 is 2.39 bits per heavy atom. The fraction of sp³-hybridized carbons (Fsp3) is 0.429. The van der Waals surface area contributed by atoms with E-state index in [2.05, 4.69) is 43.2 Å². The summed E-state index contributed by atoms with van der Waals surface area (Å²) in [6.07, 6.45) is -0.154. The predicted octanol–water partition coefficient (Wildman–Crippen LogP) is 3.92. The fourth-order valence-corrected chi connectivity index (χ4v) is 4.53. The fourth-order valence-electron chi connectivity index (χ4n) is 4.32. The molecule has 6 nitrogen and oxygen atoms in total. The highest BCUT2D eigenvalue weighted by Crippen LogP contribution is 2.55. The van der Waals surface area contributed by atoms with Crippen LogP contribution in [0.15, 0.2) is 30.3 Å². The summed E-state index contributed by atoms with van der Waals surface area (Å²) in [7, 11) is 0. The number of nitrogens with zero attached hydrogens (tertiary/aromatic N) is 3. The molecule has 3 rings (SSSR count). The summed E-state index contributed by atoms with van der Waals surface area (Å²) < 4.78 is 6.22. The molecule has 1 heterocycles. The number of rotatable bonds is 4. The van der Waals surface area contributed by atoms with E-state index in [0.717, 1.165) is 5.69 Å². The second-order valence-electron chi connectivity index (χ2n) is 8.36. The Balaban J connectivity index is 1.76. The van der Waals surface area contributed by atoms with E-state index in [4.69, 9.17) is 21.6 Å². The van der Waals surface area contributed by atoms with Gasteiger partial charge in [0.1, 0.15) is 17.9 Å². The number of carbonyl (C=O) groups excluding carboxylic acids is 1. The van der Waals surface area contributed by atoms with Crippen molar-refractivity contribution < 1.29 is 9.53 Å². The van der Waals surface area contributed by atoms with Crippen molar-refractivity contribution in [3.8, 4) is 11.8 Å². The number of benzene rings is 1. The van der Waals surface area contributed by atoms with Gasteiger partial charge in [0.15, 0.2) is 5.69 Å². The zero-order valence-electron chi connectivity index (χ0n) is 16.6. The largest absolute Gasteiger partial charge is 0.489 e. The Morgan fingerprint density at radius 2 is 1.86 bits per heavy atom. The molecule has 0 bridgehead atoms. The molecule has 1 aromatic carbocycles. The number of amides is 1. The van der Waals surface area contributed by atoms with Crippen molar-refractivity contribution >= 4 is 17.5 Å². The Bertz CT molecular complexity index is 932. The van der Waals surface area contributed by atoms with Crippen LogP contribution in [0.5, 0.6) is 5.75 Å². The predicted molar refractivity (Wildman–Crippen MR) is 106 cm³/mol. The number of hydrogen-bond donors (Lipinski definition) is 1. The maximum absolute atomic E-state index is 12.6. The van der Waals surface area contributed by atoms with Gasteiger partial charge in [-0.25, -0.2) is 0 Å². The summed E-state index contributed by atoms with van der Waals surface area (Å²) in [6.45, 7) is 10.0. The minimum atomic E-state index is -0.322. The van der Waals surface area contributed by atoms with Gasteiger partial charge in [0.25, 0.3) is 5.91 Å². The average Bonchev–Trinajstić information content (AvgIpc) is 2.64. The minimum absolute atomic E-state index is 0.116. The summed E-state index contributed by atoms with van der Waals surface area (Å²) in [5, 5.41) is 20.4. The third-order valence-electron chi connectivity index (χ3n) is 5.46. The first kappa shape index (κ1) is 20.1. The molecule has 0 radical (unpaired) electrons. The number of nitriles is 1. The van der Waals surface area contributed by atoms with E-state index in [1.54, 1.807) is 30.3 Å². The van der Waals surface area contributed by atoms with Gasteiger partial charge in [-0.05, 0) is 31.2 Å². The monoisotopic (exact) mass is 398 g/mol. The third kappa shape index (κ3) is 3.43. The highest BCUT2D eigenvalue weighted by atomic mass is 35.5. The van der Waals surface area contributed by atoms with Crippen LogP contribution < -0.4 is 10.1 Å². The van der Waals surface area contributed by atoms with E-state index in [1.807, 2.05) is 13.0 Å². The number of halogens is 1. The van der Waals surface area contributed by atoms with Crippen molar-refractivity contribution in [3.05, 3.63) is 52.3 Å². The molecule has 0 spiro atoms. The van der Waals surface area contributed by atoms with E-state index in [0.29, 0.717) is 22.0 Å². The lowest BCUT2D eigenvalue weighted by Gasteiger charge is -2.63. The molecule has 1 amide bonds. The normalized spacial score (nSPS) is 21.9. The average molecular weight is 399 g/mol. The minimum Gasteiger partial charge on any atom is -0.489 e. The van der Waals surface area contributed by atoms with Crippen LogP contribution in [0.2, 0.25) is 5.02 Å². The molecule has 146 valence electrons. The van der Waals surface area contributed by atoms with Gasteiger partial charge < -0.3 is 10.1 Å². The van der Waals surface area contributed by atoms with Crippen LogP contribution in [0.1, 0.15) is 49.4 Å². The van der Waals surface area contributed by atoms with Crippen molar-refractivity contribution in [2.75, 3.05) is 0 Å². The van der Waals surface area contributed by atoms with Crippen LogP contribution >= 0.6 is 11.6 Å². The molecule has 1 saturated carbocycles. The van der Waals surface area contributed by atoms with E-state index >= 15 is 0 Å². The molecule has 2 aromatic rings. The van der Waals surface area contributed by atoms with E-state index in [9.17, 15) is 4.79 Å². The molecule has 7 heteroatoms. The first-order valence-electron chi connectivity index (χ1n) is 9.05. The Morgan fingerprint density at radius 1 is 1.18 bits per heavy atom. The summed E-state index contributed by atoms with van der Waals surface area (Å²) in [5.74, 6) is 0.350. The molecular weight excluding hydrogens is 376 g/mol. The number of carbonyl (C=O) groups is 1. The van der Waals surface area contributed by atoms with Crippen LogP contribution in [0.4, 0.5) is 0 Å². The number of ether oxygens (including phenoxy) is 1. The topological polar surface area (TPSA) is 87.9 Å². The third-order valence-corrected chi connectivity index (χ3v) is 5.77. The lowest BCUT2D eigenvalue weighted by molar-refractivity contribution is -0.164. The van der Waals surface area contributed by atoms with Crippen LogP contribution in [0, 0.1) is 29.1 Å². The van der Waals surface area contributed by atoms with Crippen molar-refractivity contribution in [1.82, 2.24) is 15.5 Å². The van der Waals surface area contributed by atoms with Gasteiger partial charge in [0.05, 0.1) is 16.3 Å². The molecule has 0 aliphatic heterocycles. The maximum Gasteiger partial charge on any atom is 0.272 e. The number of nitrogens with one attached hydrogen (secondary N) is 1. The number of aromatic nitrogens is 2. The van der Waals surface area contributed by atoms with Gasteiger partial charge >= 0.3 is 0 Å². The highest BCUT2D eigenvalue weighted by Gasteiger charge is 2.64. The zero-order chi connectivity index (χ0) is 20.7. The Hall–Kier alpha value is -2.65. The Labute approximate surface area is 169 Å². The summed E-state index contributed by atoms with van der Waals surface area (Å²) in [6, 6.07) is 10.4. The highest BCUT2D eigenvalue weighted by molar-refractivity contribution is 6.31. The van der Waals surface area contributed by atoms with E-state index in [1.165, 1.54) is 0 Å². The number of aryl methyl sites for hydroxylation is 1. The lowest BCUT2D eigenvalue weighted by Crippen LogP contribution is -2.74. The molecule has 1 fully saturated rings. The molecule has 0 saturated heterocycles. The van der Waals surface area contributed by atoms with Crippen LogP contribution in [-0.4, -0.2) is 28.3 Å². The van der Waals surface area contributed by atoms with Crippen LogP contribution in [0.3, 0.4) is 0 Å². The summed E-state index contributed by atoms with van der Waals surface area (Å²) in [4.78, 5) is 12.6. The maximum atomic E-state index is 12.6. The van der Waals surface area contributed by atoms with Gasteiger partial charge in [-0.1, -0.05) is 39.3 Å². The summed E-state index contributed by atoms with van der Waals surface area (Å²) in [5.41, 5.74) is 0.816. The quantitative estimate of drug-likeness (QED) is 0.843. The van der Waals surface area contributed by atoms with Gasteiger partial charge in [-0.15, -0.1) is 5.10 Å². The van der Waals surface area contributed by atoms with Gasteiger partial charge in [0, 0.05) is 22.9 Å². The molecule has 28 heavy (non-hydrogen) atoms. The van der Waals surface area contributed by atoms with Gasteiger partial charge in [-0.2, -0.15) is 10.4 Å². The molecule has 0 atom stereocenters. The molecular formula is C21H23ClN4O2. The van der Waals surface area contributed by atoms with E-state index in [-0.39, 0.29) is 28.9 Å². The van der Waals surface area contributed by atoms with Gasteiger partial charge in [-0.3, -0.25) is 4.79 Å². The van der Waals surface area contributed by atoms with Crippen molar-refractivity contribution in [3.63, 3.8) is 0 Å².